The summed E-state index contributed by atoms with van der Waals surface area (Å²) in [5.41, 5.74) is 1.29. The van der Waals surface area contributed by atoms with Crippen molar-refractivity contribution in [3.05, 3.63) is 59.7 Å². The van der Waals surface area contributed by atoms with Gasteiger partial charge in [-0.15, -0.1) is 13.2 Å². The number of benzene rings is 2. The van der Waals surface area contributed by atoms with Crippen LogP contribution in [0.4, 0.5) is 13.2 Å². The van der Waals surface area contributed by atoms with Crippen LogP contribution < -0.4 is 14.8 Å². The average molecular weight is 388 g/mol. The summed E-state index contributed by atoms with van der Waals surface area (Å²) in [4.78, 5) is 0.0837. The SMILES string of the molecule is CCNCc1ccc(S(=O)(=O)NCc2cccc(OC(F)(F)F)c2)cc1. The van der Waals surface area contributed by atoms with Crippen molar-refractivity contribution in [2.24, 2.45) is 0 Å². The van der Waals surface area contributed by atoms with Gasteiger partial charge in [0.25, 0.3) is 0 Å². The van der Waals surface area contributed by atoms with Crippen LogP contribution in [0.3, 0.4) is 0 Å². The second kappa shape index (κ2) is 8.52. The van der Waals surface area contributed by atoms with E-state index in [0.717, 1.165) is 24.2 Å². The minimum absolute atomic E-state index is 0.0837. The highest BCUT2D eigenvalue weighted by Gasteiger charge is 2.31. The van der Waals surface area contributed by atoms with E-state index in [9.17, 15) is 21.6 Å². The Morgan fingerprint density at radius 2 is 1.69 bits per heavy atom. The number of halogens is 3. The summed E-state index contributed by atoms with van der Waals surface area (Å²) in [7, 11) is -3.78. The fourth-order valence-electron chi connectivity index (χ4n) is 2.17. The van der Waals surface area contributed by atoms with E-state index in [-0.39, 0.29) is 11.4 Å². The maximum Gasteiger partial charge on any atom is 0.573 e. The zero-order chi connectivity index (χ0) is 19.2. The molecule has 0 heterocycles. The number of hydrogen-bond donors (Lipinski definition) is 2. The molecule has 5 nitrogen and oxygen atoms in total. The van der Waals surface area contributed by atoms with Gasteiger partial charge < -0.3 is 10.1 Å². The number of nitrogens with one attached hydrogen (secondary N) is 2. The molecule has 0 atom stereocenters. The molecule has 0 amide bonds. The monoisotopic (exact) mass is 388 g/mol. The van der Waals surface area contributed by atoms with E-state index in [4.69, 9.17) is 0 Å². The topological polar surface area (TPSA) is 67.4 Å². The number of rotatable bonds is 8. The number of sulfonamides is 1. The first kappa shape index (κ1) is 20.2. The molecular weight excluding hydrogens is 369 g/mol. The highest BCUT2D eigenvalue weighted by atomic mass is 32.2. The van der Waals surface area contributed by atoms with Gasteiger partial charge >= 0.3 is 6.36 Å². The van der Waals surface area contributed by atoms with E-state index in [1.165, 1.54) is 24.3 Å². The summed E-state index contributed by atoms with van der Waals surface area (Å²) in [5, 5.41) is 3.13. The summed E-state index contributed by atoms with van der Waals surface area (Å²) >= 11 is 0. The highest BCUT2D eigenvalue weighted by Crippen LogP contribution is 2.23. The van der Waals surface area contributed by atoms with Crippen LogP contribution >= 0.6 is 0 Å². The van der Waals surface area contributed by atoms with Crippen LogP contribution in [0.15, 0.2) is 53.4 Å². The number of hydrogen-bond acceptors (Lipinski definition) is 4. The lowest BCUT2D eigenvalue weighted by atomic mass is 10.2. The maximum atomic E-state index is 12.3. The standard InChI is InChI=1S/C17H19F3N2O3S/c1-2-21-11-13-6-8-16(9-7-13)26(23,24)22-12-14-4-3-5-15(10-14)25-17(18,19)20/h3-10,21-22H,2,11-12H2,1H3. The van der Waals surface area contributed by atoms with Crippen molar-refractivity contribution in [3.8, 4) is 5.75 Å². The van der Waals surface area contributed by atoms with Crippen LogP contribution in [0.2, 0.25) is 0 Å². The molecule has 142 valence electrons. The van der Waals surface area contributed by atoms with E-state index < -0.39 is 22.1 Å². The largest absolute Gasteiger partial charge is 0.573 e. The molecule has 9 heteroatoms. The second-order valence-corrected chi connectivity index (χ2v) is 7.21. The molecular formula is C17H19F3N2O3S. The molecule has 0 unspecified atom stereocenters. The molecule has 2 aromatic carbocycles. The van der Waals surface area contributed by atoms with Crippen LogP contribution in [-0.4, -0.2) is 21.3 Å². The Labute approximate surface area is 150 Å². The van der Waals surface area contributed by atoms with Gasteiger partial charge in [0, 0.05) is 13.1 Å². The van der Waals surface area contributed by atoms with Gasteiger partial charge in [-0.2, -0.15) is 0 Å². The van der Waals surface area contributed by atoms with Crippen molar-refractivity contribution in [2.45, 2.75) is 31.3 Å². The van der Waals surface area contributed by atoms with Gasteiger partial charge in [-0.3, -0.25) is 0 Å². The van der Waals surface area contributed by atoms with E-state index in [1.807, 2.05) is 6.92 Å². The quantitative estimate of drug-likeness (QED) is 0.729. The zero-order valence-corrected chi connectivity index (χ0v) is 14.8. The van der Waals surface area contributed by atoms with E-state index in [0.29, 0.717) is 12.1 Å². The Morgan fingerprint density at radius 3 is 2.31 bits per heavy atom. The van der Waals surface area contributed by atoms with Crippen LogP contribution in [-0.2, 0) is 23.1 Å². The predicted molar refractivity (Wildman–Crippen MR) is 91.0 cm³/mol. The third-order valence-electron chi connectivity index (χ3n) is 3.41. The number of alkyl halides is 3. The third-order valence-corrected chi connectivity index (χ3v) is 4.83. The molecule has 0 saturated carbocycles. The highest BCUT2D eigenvalue weighted by molar-refractivity contribution is 7.89. The Kier molecular flexibility index (Phi) is 6.63. The first-order valence-corrected chi connectivity index (χ1v) is 9.32. The maximum absolute atomic E-state index is 12.3. The summed E-state index contributed by atoms with van der Waals surface area (Å²) < 4.78 is 67.5. The van der Waals surface area contributed by atoms with Crippen LogP contribution in [0.5, 0.6) is 5.75 Å². The predicted octanol–water partition coefficient (Wildman–Crippen LogP) is 3.17. The Hall–Kier alpha value is -2.10. The first-order valence-electron chi connectivity index (χ1n) is 7.83. The average Bonchev–Trinajstić information content (AvgIpc) is 2.57. The lowest BCUT2D eigenvalue weighted by Crippen LogP contribution is -2.23. The molecule has 26 heavy (non-hydrogen) atoms. The third kappa shape index (κ3) is 6.32. The lowest BCUT2D eigenvalue weighted by Gasteiger charge is -2.11. The minimum Gasteiger partial charge on any atom is -0.406 e. The van der Waals surface area contributed by atoms with Crippen molar-refractivity contribution >= 4 is 10.0 Å². The Balaban J connectivity index is 2.02. The second-order valence-electron chi connectivity index (χ2n) is 5.44. The fraction of sp³-hybridized carbons (Fsp3) is 0.294. The van der Waals surface area contributed by atoms with E-state index in [1.54, 1.807) is 12.1 Å². The molecule has 2 N–H and O–H groups in total. The Morgan fingerprint density at radius 1 is 1.00 bits per heavy atom. The number of ether oxygens (including phenoxy) is 1. The van der Waals surface area contributed by atoms with Crippen LogP contribution in [0.1, 0.15) is 18.1 Å². The molecule has 0 aromatic heterocycles. The molecule has 0 saturated heterocycles. The molecule has 0 aliphatic rings. The summed E-state index contributed by atoms with van der Waals surface area (Å²) in [6, 6.07) is 11.5. The Bertz CT molecular complexity index is 822. The van der Waals surface area contributed by atoms with Gasteiger partial charge in [-0.05, 0) is 41.9 Å². The molecule has 0 fully saturated rings. The van der Waals surface area contributed by atoms with Crippen molar-refractivity contribution in [2.75, 3.05) is 6.54 Å². The fourth-order valence-corrected chi connectivity index (χ4v) is 3.19. The van der Waals surface area contributed by atoms with Crippen molar-refractivity contribution in [1.29, 1.82) is 0 Å². The zero-order valence-electron chi connectivity index (χ0n) is 14.0. The van der Waals surface area contributed by atoms with Gasteiger partial charge in [-0.1, -0.05) is 31.2 Å². The molecule has 0 aliphatic heterocycles. The summed E-state index contributed by atoms with van der Waals surface area (Å²) in [6.45, 7) is 3.25. The van der Waals surface area contributed by atoms with Crippen molar-refractivity contribution < 1.29 is 26.3 Å². The summed E-state index contributed by atoms with van der Waals surface area (Å²) in [5.74, 6) is -0.401. The molecule has 0 aliphatic carbocycles. The van der Waals surface area contributed by atoms with Crippen molar-refractivity contribution in [3.63, 3.8) is 0 Å². The summed E-state index contributed by atoms with van der Waals surface area (Å²) in [6.07, 6.45) is -4.80. The molecule has 0 radical (unpaired) electrons. The van der Waals surface area contributed by atoms with Gasteiger partial charge in [0.2, 0.25) is 10.0 Å². The van der Waals surface area contributed by atoms with Gasteiger partial charge in [0.15, 0.2) is 0 Å². The normalized spacial score (nSPS) is 12.2. The van der Waals surface area contributed by atoms with Gasteiger partial charge in [0.05, 0.1) is 4.90 Å². The van der Waals surface area contributed by atoms with Gasteiger partial charge in [-0.25, -0.2) is 13.1 Å². The van der Waals surface area contributed by atoms with Crippen LogP contribution in [0.25, 0.3) is 0 Å². The first-order chi connectivity index (χ1) is 12.2. The van der Waals surface area contributed by atoms with Crippen LogP contribution in [0, 0.1) is 0 Å². The minimum atomic E-state index is -4.80. The van der Waals surface area contributed by atoms with E-state index in [2.05, 4.69) is 14.8 Å². The molecule has 2 aromatic rings. The lowest BCUT2D eigenvalue weighted by molar-refractivity contribution is -0.274. The smallest absolute Gasteiger partial charge is 0.406 e. The molecule has 0 spiro atoms. The van der Waals surface area contributed by atoms with E-state index >= 15 is 0 Å². The van der Waals surface area contributed by atoms with Crippen molar-refractivity contribution in [1.82, 2.24) is 10.0 Å². The molecule has 2 rings (SSSR count). The molecule has 0 bridgehead atoms. The van der Waals surface area contributed by atoms with Gasteiger partial charge in [0.1, 0.15) is 5.75 Å².